The normalized spacial score (nSPS) is 32.9. The lowest BCUT2D eigenvalue weighted by atomic mass is 9.82. The Morgan fingerprint density at radius 1 is 1.24 bits per heavy atom. The third kappa shape index (κ3) is 5.15. The monoisotopic (exact) mass is 314 g/mol. The zero-order valence-corrected chi connectivity index (χ0v) is 14.2. The van der Waals surface area contributed by atoms with Gasteiger partial charge in [-0.25, -0.2) is 0 Å². The van der Waals surface area contributed by atoms with E-state index in [0.717, 1.165) is 25.3 Å². The molecule has 0 spiro atoms. The Bertz CT molecular complexity index is 326. The van der Waals surface area contributed by atoms with Crippen molar-refractivity contribution in [2.45, 2.75) is 63.6 Å². The summed E-state index contributed by atoms with van der Waals surface area (Å²) in [6, 6.07) is 1.78. The van der Waals surface area contributed by atoms with E-state index in [0.29, 0.717) is 18.1 Å². The highest BCUT2D eigenvalue weighted by atomic mass is 32.2. The molecule has 5 heteroatoms. The van der Waals surface area contributed by atoms with E-state index in [-0.39, 0.29) is 6.54 Å². The first-order chi connectivity index (χ1) is 10.1. The second kappa shape index (κ2) is 8.39. The van der Waals surface area contributed by atoms with Crippen LogP contribution in [-0.4, -0.2) is 59.2 Å². The van der Waals surface area contributed by atoms with Gasteiger partial charge in [-0.15, -0.1) is 0 Å². The van der Waals surface area contributed by atoms with Gasteiger partial charge in [-0.3, -0.25) is 9.69 Å². The summed E-state index contributed by atoms with van der Waals surface area (Å²) in [7, 11) is 0. The number of aliphatic carboxylic acids is 1. The van der Waals surface area contributed by atoms with E-state index < -0.39 is 5.97 Å². The van der Waals surface area contributed by atoms with Crippen LogP contribution in [0.15, 0.2) is 0 Å². The highest BCUT2D eigenvalue weighted by Gasteiger charge is 2.35. The quantitative estimate of drug-likeness (QED) is 0.721. The van der Waals surface area contributed by atoms with Crippen molar-refractivity contribution in [2.24, 2.45) is 5.92 Å². The number of nitrogens with zero attached hydrogens (tertiary/aromatic N) is 1. The second-order valence-electron chi connectivity index (χ2n) is 6.62. The third-order valence-electron chi connectivity index (χ3n) is 5.09. The fraction of sp³-hybridized carbons (Fsp3) is 0.938. The van der Waals surface area contributed by atoms with Gasteiger partial charge in [0.2, 0.25) is 0 Å². The molecular weight excluding hydrogens is 284 g/mol. The van der Waals surface area contributed by atoms with Crippen LogP contribution in [0.25, 0.3) is 0 Å². The minimum absolute atomic E-state index is 0.188. The molecule has 0 amide bonds. The average molecular weight is 314 g/mol. The molecule has 2 aliphatic rings. The zero-order valence-electron chi connectivity index (χ0n) is 13.4. The minimum Gasteiger partial charge on any atom is -0.480 e. The van der Waals surface area contributed by atoms with Crippen LogP contribution in [0, 0.1) is 5.92 Å². The molecule has 2 rings (SSSR count). The molecular formula is C16H30N2O2S. The summed E-state index contributed by atoms with van der Waals surface area (Å²) in [4.78, 5) is 12.9. The number of carboxylic acids is 1. The van der Waals surface area contributed by atoms with Gasteiger partial charge in [0, 0.05) is 18.1 Å². The van der Waals surface area contributed by atoms with Crippen LogP contribution >= 0.6 is 11.8 Å². The molecule has 0 unspecified atom stereocenters. The van der Waals surface area contributed by atoms with Crippen molar-refractivity contribution in [2.75, 3.05) is 25.1 Å². The van der Waals surface area contributed by atoms with Crippen molar-refractivity contribution in [3.8, 4) is 0 Å². The van der Waals surface area contributed by atoms with E-state index in [2.05, 4.69) is 23.4 Å². The van der Waals surface area contributed by atoms with Gasteiger partial charge in [0.05, 0.1) is 6.54 Å². The predicted octanol–water partition coefficient (Wildman–Crippen LogP) is 2.44. The van der Waals surface area contributed by atoms with Crippen molar-refractivity contribution in [3.05, 3.63) is 0 Å². The SMILES string of the molecule is CCN(CC(=O)O)C1CC(NC2CCC(CSC)CC2)C1. The number of rotatable bonds is 8. The van der Waals surface area contributed by atoms with Crippen LogP contribution in [0.5, 0.6) is 0 Å². The lowest BCUT2D eigenvalue weighted by Crippen LogP contribution is -2.56. The number of nitrogens with one attached hydrogen (secondary N) is 1. The number of carboxylic acid groups (broad SMARTS) is 1. The molecule has 2 fully saturated rings. The van der Waals surface area contributed by atoms with Gasteiger partial charge in [0.25, 0.3) is 0 Å². The summed E-state index contributed by atoms with van der Waals surface area (Å²) in [6.45, 7) is 3.08. The summed E-state index contributed by atoms with van der Waals surface area (Å²) < 4.78 is 0. The molecule has 4 nitrogen and oxygen atoms in total. The van der Waals surface area contributed by atoms with Gasteiger partial charge in [0.15, 0.2) is 0 Å². The maximum atomic E-state index is 10.8. The van der Waals surface area contributed by atoms with Gasteiger partial charge in [-0.1, -0.05) is 6.92 Å². The van der Waals surface area contributed by atoms with Crippen molar-refractivity contribution in [1.82, 2.24) is 10.2 Å². The Balaban J connectivity index is 1.63. The van der Waals surface area contributed by atoms with Gasteiger partial charge in [0.1, 0.15) is 0 Å². The summed E-state index contributed by atoms with van der Waals surface area (Å²) in [5.41, 5.74) is 0. The molecule has 0 aromatic heterocycles. The number of hydrogen-bond acceptors (Lipinski definition) is 4. The van der Waals surface area contributed by atoms with E-state index >= 15 is 0 Å². The summed E-state index contributed by atoms with van der Waals surface area (Å²) in [5.74, 6) is 1.54. The highest BCUT2D eigenvalue weighted by molar-refractivity contribution is 7.98. The Labute approximate surface area is 133 Å². The lowest BCUT2D eigenvalue weighted by Gasteiger charge is -2.44. The van der Waals surface area contributed by atoms with Crippen LogP contribution in [0.1, 0.15) is 45.4 Å². The van der Waals surface area contributed by atoms with E-state index in [1.54, 1.807) is 0 Å². The zero-order chi connectivity index (χ0) is 15.2. The topological polar surface area (TPSA) is 52.6 Å². The Kier molecular flexibility index (Phi) is 6.83. The number of likely N-dealkylation sites (N-methyl/N-ethyl adjacent to an activating group) is 1. The van der Waals surface area contributed by atoms with Crippen LogP contribution in [0.4, 0.5) is 0 Å². The highest BCUT2D eigenvalue weighted by Crippen LogP contribution is 2.30. The summed E-state index contributed by atoms with van der Waals surface area (Å²) >= 11 is 1.98. The van der Waals surface area contributed by atoms with Gasteiger partial charge in [-0.05, 0) is 63.0 Å². The van der Waals surface area contributed by atoms with E-state index in [1.807, 2.05) is 11.8 Å². The Hall–Kier alpha value is -0.260. The molecule has 0 heterocycles. The van der Waals surface area contributed by atoms with Crippen LogP contribution in [0.2, 0.25) is 0 Å². The molecule has 2 N–H and O–H groups in total. The molecule has 0 aromatic carbocycles. The van der Waals surface area contributed by atoms with Gasteiger partial charge < -0.3 is 10.4 Å². The Morgan fingerprint density at radius 2 is 1.90 bits per heavy atom. The Morgan fingerprint density at radius 3 is 2.43 bits per heavy atom. The fourth-order valence-corrected chi connectivity index (χ4v) is 4.56. The maximum absolute atomic E-state index is 10.8. The summed E-state index contributed by atoms with van der Waals surface area (Å²) in [6.07, 6.45) is 9.81. The van der Waals surface area contributed by atoms with Crippen molar-refractivity contribution in [3.63, 3.8) is 0 Å². The third-order valence-corrected chi connectivity index (χ3v) is 5.90. The number of carbonyl (C=O) groups is 1. The first-order valence-electron chi connectivity index (χ1n) is 8.33. The van der Waals surface area contributed by atoms with E-state index in [1.165, 1.54) is 31.4 Å². The van der Waals surface area contributed by atoms with Crippen molar-refractivity contribution < 1.29 is 9.90 Å². The molecule has 2 saturated carbocycles. The van der Waals surface area contributed by atoms with Gasteiger partial charge >= 0.3 is 5.97 Å². The van der Waals surface area contributed by atoms with Crippen molar-refractivity contribution >= 4 is 17.7 Å². The number of hydrogen-bond donors (Lipinski definition) is 2. The smallest absolute Gasteiger partial charge is 0.317 e. The molecule has 122 valence electrons. The first-order valence-corrected chi connectivity index (χ1v) is 9.72. The molecule has 0 saturated heterocycles. The predicted molar refractivity (Wildman–Crippen MR) is 89.0 cm³/mol. The first kappa shape index (κ1) is 17.1. The largest absolute Gasteiger partial charge is 0.480 e. The molecule has 0 aliphatic heterocycles. The van der Waals surface area contributed by atoms with Crippen LogP contribution in [-0.2, 0) is 4.79 Å². The fourth-order valence-electron chi connectivity index (χ4n) is 3.76. The molecule has 0 aromatic rings. The standard InChI is InChI=1S/C16H30N2O2S/c1-3-18(10-16(19)20)15-8-14(9-15)17-13-6-4-12(5-7-13)11-21-2/h12-15,17H,3-11H2,1-2H3,(H,19,20). The minimum atomic E-state index is -0.708. The van der Waals surface area contributed by atoms with Crippen LogP contribution in [0.3, 0.4) is 0 Å². The molecule has 0 bridgehead atoms. The second-order valence-corrected chi connectivity index (χ2v) is 7.53. The average Bonchev–Trinajstić information content (AvgIpc) is 2.42. The van der Waals surface area contributed by atoms with Crippen LogP contribution < -0.4 is 5.32 Å². The van der Waals surface area contributed by atoms with E-state index in [4.69, 9.17) is 5.11 Å². The molecule has 2 aliphatic carbocycles. The summed E-state index contributed by atoms with van der Waals surface area (Å²) in [5, 5.41) is 12.7. The lowest BCUT2D eigenvalue weighted by molar-refractivity contribution is -0.139. The molecule has 21 heavy (non-hydrogen) atoms. The molecule has 0 radical (unpaired) electrons. The maximum Gasteiger partial charge on any atom is 0.317 e. The number of thioether (sulfide) groups is 1. The van der Waals surface area contributed by atoms with Crippen molar-refractivity contribution in [1.29, 1.82) is 0 Å². The van der Waals surface area contributed by atoms with E-state index in [9.17, 15) is 4.79 Å². The van der Waals surface area contributed by atoms with Gasteiger partial charge in [-0.2, -0.15) is 11.8 Å². The molecule has 0 atom stereocenters.